The van der Waals surface area contributed by atoms with Crippen LogP contribution in [0.4, 0.5) is 0 Å². The van der Waals surface area contributed by atoms with E-state index in [0.717, 1.165) is 0 Å². The molecule has 0 saturated heterocycles. The zero-order valence-corrected chi connectivity index (χ0v) is 10.3. The van der Waals surface area contributed by atoms with Gasteiger partial charge in [-0.05, 0) is 33.8 Å². The Hall–Kier alpha value is 0.180. The lowest BCUT2D eigenvalue weighted by Gasteiger charge is -2.23. The van der Waals surface area contributed by atoms with E-state index >= 15 is 0 Å². The maximum Gasteiger partial charge on any atom is 0.0319 e. The third-order valence-corrected chi connectivity index (χ3v) is 4.31. The van der Waals surface area contributed by atoms with Crippen molar-refractivity contribution in [1.82, 2.24) is 0 Å². The summed E-state index contributed by atoms with van der Waals surface area (Å²) in [5.74, 6) is 0. The van der Waals surface area contributed by atoms with E-state index < -0.39 is 0 Å². The van der Waals surface area contributed by atoms with Crippen molar-refractivity contribution in [3.63, 3.8) is 0 Å². The molecule has 0 aromatic carbocycles. The molecule has 0 saturated carbocycles. The first-order valence-electron chi connectivity index (χ1n) is 4.31. The summed E-state index contributed by atoms with van der Waals surface area (Å²) in [7, 11) is 0. The van der Waals surface area contributed by atoms with Crippen molar-refractivity contribution in [2.24, 2.45) is 0 Å². The lowest BCUT2D eigenvalue weighted by molar-refractivity contribution is 0.480. The second-order valence-electron chi connectivity index (χ2n) is 3.73. The Kier molecular flexibility index (Phi) is 3.36. The maximum absolute atomic E-state index is 3.58. The van der Waals surface area contributed by atoms with Gasteiger partial charge in [-0.3, -0.25) is 0 Å². The standard InChI is InChI=1S/C10H15BrS/c1-4-6-10(2,3)9-8(11)5-7-12-9/h5,7H,4,6H2,1-3H3. The molecule has 0 nitrogen and oxygen atoms in total. The first-order valence-corrected chi connectivity index (χ1v) is 5.98. The number of halogens is 1. The summed E-state index contributed by atoms with van der Waals surface area (Å²) in [5.41, 5.74) is 0.335. The molecule has 0 spiro atoms. The molecular formula is C10H15BrS. The molecule has 68 valence electrons. The summed E-state index contributed by atoms with van der Waals surface area (Å²) in [6, 6.07) is 2.14. The highest BCUT2D eigenvalue weighted by Gasteiger charge is 2.22. The molecular weight excluding hydrogens is 232 g/mol. The zero-order chi connectivity index (χ0) is 9.19. The highest BCUT2D eigenvalue weighted by Crippen LogP contribution is 2.37. The second-order valence-corrected chi connectivity index (χ2v) is 5.50. The van der Waals surface area contributed by atoms with Gasteiger partial charge in [-0.25, -0.2) is 0 Å². The normalized spacial score (nSPS) is 12.0. The third-order valence-electron chi connectivity index (χ3n) is 2.11. The predicted octanol–water partition coefficient (Wildman–Crippen LogP) is 4.59. The smallest absolute Gasteiger partial charge is 0.0319 e. The zero-order valence-electron chi connectivity index (χ0n) is 7.86. The SMILES string of the molecule is CCCC(C)(C)c1sccc1Br. The van der Waals surface area contributed by atoms with Crippen LogP contribution < -0.4 is 0 Å². The molecule has 1 rings (SSSR count). The van der Waals surface area contributed by atoms with Gasteiger partial charge in [-0.15, -0.1) is 11.3 Å². The van der Waals surface area contributed by atoms with Gasteiger partial charge < -0.3 is 0 Å². The van der Waals surface area contributed by atoms with Crippen LogP contribution in [0.25, 0.3) is 0 Å². The number of thiophene rings is 1. The Bertz CT molecular complexity index is 250. The fourth-order valence-corrected chi connectivity index (χ4v) is 3.58. The van der Waals surface area contributed by atoms with Crippen molar-refractivity contribution >= 4 is 27.3 Å². The Morgan fingerprint density at radius 1 is 1.50 bits per heavy atom. The minimum absolute atomic E-state index is 0.335. The second kappa shape index (κ2) is 3.93. The number of rotatable bonds is 3. The Labute approximate surface area is 87.1 Å². The molecule has 1 heterocycles. The van der Waals surface area contributed by atoms with Gasteiger partial charge >= 0.3 is 0 Å². The lowest BCUT2D eigenvalue weighted by atomic mass is 9.86. The molecule has 0 atom stereocenters. The van der Waals surface area contributed by atoms with Crippen LogP contribution in [0.2, 0.25) is 0 Å². The van der Waals surface area contributed by atoms with Crippen molar-refractivity contribution in [3.05, 3.63) is 20.8 Å². The number of hydrogen-bond donors (Lipinski definition) is 0. The van der Waals surface area contributed by atoms with E-state index in [1.807, 2.05) is 11.3 Å². The summed E-state index contributed by atoms with van der Waals surface area (Å²) in [5, 5.41) is 2.15. The van der Waals surface area contributed by atoms with Gasteiger partial charge in [0.2, 0.25) is 0 Å². The molecule has 0 unspecified atom stereocenters. The molecule has 0 fully saturated rings. The minimum Gasteiger partial charge on any atom is -0.147 e. The molecule has 1 aromatic rings. The summed E-state index contributed by atoms with van der Waals surface area (Å²) >= 11 is 5.43. The molecule has 0 bridgehead atoms. The fraction of sp³-hybridized carbons (Fsp3) is 0.600. The maximum atomic E-state index is 3.58. The van der Waals surface area contributed by atoms with Crippen molar-refractivity contribution in [1.29, 1.82) is 0 Å². The van der Waals surface area contributed by atoms with Crippen LogP contribution in [-0.4, -0.2) is 0 Å². The highest BCUT2D eigenvalue weighted by molar-refractivity contribution is 9.10. The average molecular weight is 247 g/mol. The largest absolute Gasteiger partial charge is 0.147 e. The van der Waals surface area contributed by atoms with Gasteiger partial charge in [0.1, 0.15) is 0 Å². The molecule has 12 heavy (non-hydrogen) atoms. The Balaban J connectivity index is 2.88. The monoisotopic (exact) mass is 246 g/mol. The van der Waals surface area contributed by atoms with Crippen molar-refractivity contribution < 1.29 is 0 Å². The van der Waals surface area contributed by atoms with Gasteiger partial charge in [-0.2, -0.15) is 0 Å². The average Bonchev–Trinajstić information content (AvgIpc) is 2.35. The first kappa shape index (κ1) is 10.3. The van der Waals surface area contributed by atoms with Gasteiger partial charge in [0.15, 0.2) is 0 Å². The van der Waals surface area contributed by atoms with Crippen LogP contribution in [0.3, 0.4) is 0 Å². The molecule has 0 aliphatic heterocycles. The van der Waals surface area contributed by atoms with Crippen LogP contribution >= 0.6 is 27.3 Å². The molecule has 1 aromatic heterocycles. The van der Waals surface area contributed by atoms with E-state index in [1.165, 1.54) is 22.2 Å². The molecule has 2 heteroatoms. The van der Waals surface area contributed by atoms with Crippen molar-refractivity contribution in [2.45, 2.75) is 39.0 Å². The summed E-state index contributed by atoms with van der Waals surface area (Å²) in [6.45, 7) is 6.86. The van der Waals surface area contributed by atoms with E-state index in [2.05, 4.69) is 48.1 Å². The third kappa shape index (κ3) is 2.11. The van der Waals surface area contributed by atoms with Crippen LogP contribution in [-0.2, 0) is 5.41 Å². The van der Waals surface area contributed by atoms with Gasteiger partial charge in [0.25, 0.3) is 0 Å². The number of hydrogen-bond acceptors (Lipinski definition) is 1. The molecule has 0 radical (unpaired) electrons. The van der Waals surface area contributed by atoms with Gasteiger partial charge in [-0.1, -0.05) is 27.2 Å². The van der Waals surface area contributed by atoms with E-state index in [-0.39, 0.29) is 0 Å². The summed E-state index contributed by atoms with van der Waals surface area (Å²) < 4.78 is 1.27. The quantitative estimate of drug-likeness (QED) is 0.732. The summed E-state index contributed by atoms with van der Waals surface area (Å²) in [4.78, 5) is 1.48. The lowest BCUT2D eigenvalue weighted by Crippen LogP contribution is -2.15. The van der Waals surface area contributed by atoms with Crippen LogP contribution in [0.15, 0.2) is 15.9 Å². The molecule has 0 N–H and O–H groups in total. The van der Waals surface area contributed by atoms with E-state index in [4.69, 9.17) is 0 Å². The van der Waals surface area contributed by atoms with Crippen molar-refractivity contribution in [3.8, 4) is 0 Å². The molecule has 0 amide bonds. The topological polar surface area (TPSA) is 0 Å². The molecule has 0 aliphatic carbocycles. The predicted molar refractivity (Wildman–Crippen MR) is 60.0 cm³/mol. The Morgan fingerprint density at radius 3 is 2.58 bits per heavy atom. The van der Waals surface area contributed by atoms with Crippen molar-refractivity contribution in [2.75, 3.05) is 0 Å². The Morgan fingerprint density at radius 2 is 2.17 bits per heavy atom. The van der Waals surface area contributed by atoms with Crippen LogP contribution in [0.5, 0.6) is 0 Å². The highest BCUT2D eigenvalue weighted by atomic mass is 79.9. The van der Waals surface area contributed by atoms with Crippen LogP contribution in [0, 0.1) is 0 Å². The molecule has 0 aliphatic rings. The summed E-state index contributed by atoms with van der Waals surface area (Å²) in [6.07, 6.45) is 2.50. The van der Waals surface area contributed by atoms with E-state index in [9.17, 15) is 0 Å². The minimum atomic E-state index is 0.335. The van der Waals surface area contributed by atoms with E-state index in [1.54, 1.807) is 0 Å². The van der Waals surface area contributed by atoms with E-state index in [0.29, 0.717) is 5.41 Å². The van der Waals surface area contributed by atoms with Crippen LogP contribution in [0.1, 0.15) is 38.5 Å². The fourth-order valence-electron chi connectivity index (χ4n) is 1.52. The first-order chi connectivity index (χ1) is 5.58. The van der Waals surface area contributed by atoms with Gasteiger partial charge in [0.05, 0.1) is 0 Å². The van der Waals surface area contributed by atoms with Gasteiger partial charge in [0, 0.05) is 14.8 Å².